The van der Waals surface area contributed by atoms with Crippen LogP contribution in [0.4, 0.5) is 0 Å². The van der Waals surface area contributed by atoms with Crippen molar-refractivity contribution < 1.29 is 14.3 Å². The highest BCUT2D eigenvalue weighted by atomic mass is 35.5. The largest absolute Gasteiger partial charge is 0.484 e. The smallest absolute Gasteiger partial charge is 0.261 e. The molecule has 0 bridgehead atoms. The molecule has 0 fully saturated rings. The van der Waals surface area contributed by atoms with Gasteiger partial charge in [0.2, 0.25) is 5.91 Å². The molecule has 1 aromatic heterocycles. The molecule has 1 atom stereocenters. The van der Waals surface area contributed by atoms with Crippen molar-refractivity contribution in [3.05, 3.63) is 95.3 Å². The second-order valence-corrected chi connectivity index (χ2v) is 7.44. The van der Waals surface area contributed by atoms with E-state index in [2.05, 4.69) is 10.3 Å². The van der Waals surface area contributed by atoms with Crippen LogP contribution >= 0.6 is 11.6 Å². The molecule has 0 unspecified atom stereocenters. The van der Waals surface area contributed by atoms with Gasteiger partial charge in [0, 0.05) is 30.5 Å². The Balaban J connectivity index is 1.69. The SMILES string of the molecule is C[C@@H](C(=O)NCc1ccncc1)N(Cc1ccc(Cl)cc1)C(=O)COc1ccccc1. The van der Waals surface area contributed by atoms with Crippen LogP contribution in [-0.2, 0) is 22.7 Å². The van der Waals surface area contributed by atoms with Crippen LogP contribution in [0.5, 0.6) is 5.75 Å². The lowest BCUT2D eigenvalue weighted by molar-refractivity contribution is -0.142. The molecule has 3 rings (SSSR count). The van der Waals surface area contributed by atoms with Gasteiger partial charge < -0.3 is 15.0 Å². The number of amides is 2. The van der Waals surface area contributed by atoms with Crippen molar-refractivity contribution in [1.29, 1.82) is 0 Å². The third-order valence-corrected chi connectivity index (χ3v) is 5.01. The van der Waals surface area contributed by atoms with E-state index in [-0.39, 0.29) is 25.0 Å². The van der Waals surface area contributed by atoms with Crippen LogP contribution in [0.2, 0.25) is 5.02 Å². The molecule has 0 aliphatic rings. The number of nitrogens with one attached hydrogen (secondary N) is 1. The molecule has 0 spiro atoms. The molecule has 0 saturated heterocycles. The van der Waals surface area contributed by atoms with E-state index >= 15 is 0 Å². The Morgan fingerprint density at radius 2 is 1.68 bits per heavy atom. The molecule has 160 valence electrons. The first-order valence-corrected chi connectivity index (χ1v) is 10.3. The van der Waals surface area contributed by atoms with Crippen molar-refractivity contribution in [2.75, 3.05) is 6.61 Å². The van der Waals surface area contributed by atoms with Crippen molar-refractivity contribution in [2.45, 2.75) is 26.1 Å². The summed E-state index contributed by atoms with van der Waals surface area (Å²) in [6, 6.07) is 19.3. The Hall–Kier alpha value is -3.38. The second kappa shape index (κ2) is 11.1. The van der Waals surface area contributed by atoms with Gasteiger partial charge in [-0.1, -0.05) is 41.9 Å². The third kappa shape index (κ3) is 6.83. The summed E-state index contributed by atoms with van der Waals surface area (Å²) in [7, 11) is 0. The molecule has 6 nitrogen and oxygen atoms in total. The van der Waals surface area contributed by atoms with Crippen molar-refractivity contribution >= 4 is 23.4 Å². The van der Waals surface area contributed by atoms with Gasteiger partial charge in [-0.3, -0.25) is 14.6 Å². The van der Waals surface area contributed by atoms with Crippen LogP contribution in [0.15, 0.2) is 79.1 Å². The maximum Gasteiger partial charge on any atom is 0.261 e. The van der Waals surface area contributed by atoms with Gasteiger partial charge in [-0.2, -0.15) is 0 Å². The van der Waals surface area contributed by atoms with Gasteiger partial charge in [-0.25, -0.2) is 0 Å². The molecular formula is C24H24ClN3O3. The van der Waals surface area contributed by atoms with Gasteiger partial charge in [-0.15, -0.1) is 0 Å². The monoisotopic (exact) mass is 437 g/mol. The summed E-state index contributed by atoms with van der Waals surface area (Å²) in [5.41, 5.74) is 1.80. The second-order valence-electron chi connectivity index (χ2n) is 7.00. The van der Waals surface area contributed by atoms with Crippen molar-refractivity contribution in [3.63, 3.8) is 0 Å². The summed E-state index contributed by atoms with van der Waals surface area (Å²) in [4.78, 5) is 31.3. The molecule has 31 heavy (non-hydrogen) atoms. The first kappa shape index (κ1) is 22.3. The van der Waals surface area contributed by atoms with Gasteiger partial charge in [-0.05, 0) is 54.4 Å². The van der Waals surface area contributed by atoms with Crippen LogP contribution in [0.1, 0.15) is 18.1 Å². The summed E-state index contributed by atoms with van der Waals surface area (Å²) in [6.45, 7) is 2.16. The molecule has 2 amide bonds. The quantitative estimate of drug-likeness (QED) is 0.552. The number of benzene rings is 2. The van der Waals surface area contributed by atoms with Crippen LogP contribution in [0.25, 0.3) is 0 Å². The van der Waals surface area contributed by atoms with Crippen molar-refractivity contribution in [3.8, 4) is 5.75 Å². The summed E-state index contributed by atoms with van der Waals surface area (Å²) in [6.07, 6.45) is 3.34. The van der Waals surface area contributed by atoms with Gasteiger partial charge in [0.25, 0.3) is 5.91 Å². The number of ether oxygens (including phenoxy) is 1. The van der Waals surface area contributed by atoms with Crippen LogP contribution in [-0.4, -0.2) is 34.3 Å². The minimum absolute atomic E-state index is 0.167. The van der Waals surface area contributed by atoms with E-state index in [4.69, 9.17) is 16.3 Å². The molecule has 1 N–H and O–H groups in total. The molecule has 0 saturated carbocycles. The third-order valence-electron chi connectivity index (χ3n) is 4.76. The van der Waals surface area contributed by atoms with E-state index in [0.29, 0.717) is 17.3 Å². The Bertz CT molecular complexity index is 982. The lowest BCUT2D eigenvalue weighted by atomic mass is 10.1. The van der Waals surface area contributed by atoms with E-state index < -0.39 is 6.04 Å². The van der Waals surface area contributed by atoms with E-state index in [1.807, 2.05) is 42.5 Å². The topological polar surface area (TPSA) is 71.5 Å². The van der Waals surface area contributed by atoms with E-state index in [9.17, 15) is 9.59 Å². The Morgan fingerprint density at radius 3 is 2.35 bits per heavy atom. The van der Waals surface area contributed by atoms with Crippen molar-refractivity contribution in [2.24, 2.45) is 0 Å². The molecule has 0 radical (unpaired) electrons. The number of carbonyl (C=O) groups excluding carboxylic acids is 2. The minimum atomic E-state index is -0.690. The van der Waals surface area contributed by atoms with Crippen LogP contribution in [0.3, 0.4) is 0 Å². The van der Waals surface area contributed by atoms with E-state index in [1.54, 1.807) is 43.6 Å². The van der Waals surface area contributed by atoms with Crippen LogP contribution < -0.4 is 10.1 Å². The summed E-state index contributed by atoms with van der Waals surface area (Å²) in [5.74, 6) is 0.0567. The van der Waals surface area contributed by atoms with Gasteiger partial charge >= 0.3 is 0 Å². The van der Waals surface area contributed by atoms with Gasteiger partial charge in [0.15, 0.2) is 6.61 Å². The summed E-state index contributed by atoms with van der Waals surface area (Å²) < 4.78 is 5.61. The Kier molecular flexibility index (Phi) is 8.01. The Labute approximate surface area is 186 Å². The standard InChI is InChI=1S/C24H24ClN3O3/c1-18(24(30)27-15-19-11-13-26-14-12-19)28(16-20-7-9-21(25)10-8-20)23(29)17-31-22-5-3-2-4-6-22/h2-14,18H,15-17H2,1H3,(H,27,30)/t18-/m0/s1. The zero-order chi connectivity index (χ0) is 22.1. The van der Waals surface area contributed by atoms with E-state index in [1.165, 1.54) is 4.90 Å². The summed E-state index contributed by atoms with van der Waals surface area (Å²) >= 11 is 5.97. The number of hydrogen-bond donors (Lipinski definition) is 1. The zero-order valence-corrected chi connectivity index (χ0v) is 18.0. The number of rotatable bonds is 9. The minimum Gasteiger partial charge on any atom is -0.484 e. The van der Waals surface area contributed by atoms with Gasteiger partial charge in [0.1, 0.15) is 11.8 Å². The van der Waals surface area contributed by atoms with Crippen LogP contribution in [0, 0.1) is 0 Å². The molecule has 0 aliphatic heterocycles. The Morgan fingerprint density at radius 1 is 1.00 bits per heavy atom. The lowest BCUT2D eigenvalue weighted by Crippen LogP contribution is -2.48. The van der Waals surface area contributed by atoms with Crippen molar-refractivity contribution in [1.82, 2.24) is 15.2 Å². The molecule has 2 aromatic carbocycles. The molecule has 0 aliphatic carbocycles. The molecule has 3 aromatic rings. The number of hydrogen-bond acceptors (Lipinski definition) is 4. The highest BCUT2D eigenvalue weighted by Gasteiger charge is 2.26. The normalized spacial score (nSPS) is 11.4. The number of aromatic nitrogens is 1. The van der Waals surface area contributed by atoms with Gasteiger partial charge in [0.05, 0.1) is 0 Å². The zero-order valence-electron chi connectivity index (χ0n) is 17.2. The first-order valence-electron chi connectivity index (χ1n) is 9.91. The predicted molar refractivity (Wildman–Crippen MR) is 119 cm³/mol. The number of para-hydroxylation sites is 1. The summed E-state index contributed by atoms with van der Waals surface area (Å²) in [5, 5.41) is 3.49. The maximum absolute atomic E-state index is 13.0. The number of halogens is 1. The maximum atomic E-state index is 13.0. The first-order chi connectivity index (χ1) is 15.0. The van der Waals surface area contributed by atoms with E-state index in [0.717, 1.165) is 11.1 Å². The molecule has 1 heterocycles. The highest BCUT2D eigenvalue weighted by Crippen LogP contribution is 2.15. The average molecular weight is 438 g/mol. The highest BCUT2D eigenvalue weighted by molar-refractivity contribution is 6.30. The number of pyridine rings is 1. The fourth-order valence-electron chi connectivity index (χ4n) is 2.95. The fourth-order valence-corrected chi connectivity index (χ4v) is 3.08. The predicted octanol–water partition coefficient (Wildman–Crippen LogP) is 3.85. The molecule has 7 heteroatoms. The fraction of sp³-hybridized carbons (Fsp3) is 0.208. The average Bonchev–Trinajstić information content (AvgIpc) is 2.81. The number of nitrogens with zero attached hydrogens (tertiary/aromatic N) is 2. The number of carbonyl (C=O) groups is 2. The molecular weight excluding hydrogens is 414 g/mol. The lowest BCUT2D eigenvalue weighted by Gasteiger charge is -2.28.